The van der Waals surface area contributed by atoms with Gasteiger partial charge in [-0.1, -0.05) is 18.2 Å². The van der Waals surface area contributed by atoms with Gasteiger partial charge in [-0.15, -0.1) is 34.2 Å². The van der Waals surface area contributed by atoms with Gasteiger partial charge in [0, 0.05) is 58.9 Å². The second-order valence-electron chi connectivity index (χ2n) is 7.87. The molecule has 0 aliphatic heterocycles. The van der Waals surface area contributed by atoms with Crippen LogP contribution in [-0.4, -0.2) is 57.4 Å². The Morgan fingerprint density at radius 2 is 1.81 bits per heavy atom. The first-order valence-corrected chi connectivity index (χ1v) is 10.7. The molecule has 2 aromatic heterocycles. The van der Waals surface area contributed by atoms with E-state index in [0.29, 0.717) is 6.54 Å². The van der Waals surface area contributed by atoms with Crippen LogP contribution in [-0.2, 0) is 27.2 Å². The fourth-order valence-corrected chi connectivity index (χ4v) is 3.35. The number of hydrogen-bond acceptors (Lipinski definition) is 4. The van der Waals surface area contributed by atoms with E-state index in [1.54, 1.807) is 0 Å². The molecule has 1 aromatic carbocycles. The normalized spacial score (nSPS) is 11.2. The molecule has 0 spiro atoms. The summed E-state index contributed by atoms with van der Waals surface area (Å²) in [6.45, 7) is 5.02. The molecule has 0 bridgehead atoms. The highest BCUT2D eigenvalue weighted by molar-refractivity contribution is 14.0. The average Bonchev–Trinajstić information content (AvgIpc) is 3.32. The molecule has 0 saturated heterocycles. The van der Waals surface area contributed by atoms with Gasteiger partial charge in [-0.2, -0.15) is 0 Å². The van der Waals surface area contributed by atoms with E-state index < -0.39 is 0 Å². The molecule has 0 fully saturated rings. The van der Waals surface area contributed by atoms with Gasteiger partial charge in [0.2, 0.25) is 0 Å². The van der Waals surface area contributed by atoms with Gasteiger partial charge < -0.3 is 24.3 Å². The van der Waals surface area contributed by atoms with Crippen molar-refractivity contribution in [3.05, 3.63) is 66.0 Å². The smallest absolute Gasteiger partial charge is 0.194 e. The molecule has 0 atom stereocenters. The van der Waals surface area contributed by atoms with Crippen LogP contribution in [0, 0.1) is 6.92 Å². The van der Waals surface area contributed by atoms with E-state index in [4.69, 9.17) is 4.99 Å². The lowest BCUT2D eigenvalue weighted by molar-refractivity contribution is 0.458. The molecule has 3 aromatic rings. The fraction of sp³-hybridized carbons (Fsp3) is 0.435. The summed E-state index contributed by atoms with van der Waals surface area (Å²) in [5.41, 5.74) is 2.46. The molecule has 1 N–H and O–H groups in total. The molecule has 8 nitrogen and oxygen atoms in total. The van der Waals surface area contributed by atoms with Crippen LogP contribution < -0.4 is 10.2 Å². The lowest BCUT2D eigenvalue weighted by Gasteiger charge is -2.24. The molecule has 32 heavy (non-hydrogen) atoms. The number of hydrogen-bond donors (Lipinski definition) is 1. The highest BCUT2D eigenvalue weighted by Crippen LogP contribution is 2.11. The van der Waals surface area contributed by atoms with Crippen molar-refractivity contribution in [1.29, 1.82) is 0 Å². The van der Waals surface area contributed by atoms with E-state index in [0.717, 1.165) is 43.7 Å². The van der Waals surface area contributed by atoms with Gasteiger partial charge in [-0.25, -0.2) is 4.99 Å². The summed E-state index contributed by atoms with van der Waals surface area (Å²) in [5.74, 6) is 2.61. The molecule has 0 unspecified atom stereocenters. The number of para-hydroxylation sites is 1. The Bertz CT molecular complexity index is 979. The molecule has 0 aliphatic carbocycles. The zero-order chi connectivity index (χ0) is 22.2. The third kappa shape index (κ3) is 6.98. The van der Waals surface area contributed by atoms with Crippen molar-refractivity contribution in [2.24, 2.45) is 19.1 Å². The van der Waals surface area contributed by atoms with E-state index in [1.165, 1.54) is 11.4 Å². The minimum absolute atomic E-state index is 0. The number of aromatic nitrogens is 4. The highest BCUT2D eigenvalue weighted by atomic mass is 127. The number of rotatable bonds is 9. The van der Waals surface area contributed by atoms with Gasteiger partial charge in [0.05, 0.1) is 6.54 Å². The maximum Gasteiger partial charge on any atom is 0.194 e. The molecular weight excluding hydrogens is 515 g/mol. The van der Waals surface area contributed by atoms with Gasteiger partial charge in [0.25, 0.3) is 0 Å². The fourth-order valence-electron chi connectivity index (χ4n) is 3.35. The Labute approximate surface area is 208 Å². The molecule has 2 heterocycles. The standard InChI is InChI=1S/C23H34N8.HI/c1-19-26-27-22(31(19)5)17-25-23(30(4)18-21-13-9-15-29(21)3)24-14-10-16-28(2)20-11-7-6-8-12-20;/h6-9,11-13,15H,10,14,16-18H2,1-5H3,(H,24,25);1H. The largest absolute Gasteiger partial charge is 0.375 e. The van der Waals surface area contributed by atoms with Crippen LogP contribution in [0.3, 0.4) is 0 Å². The van der Waals surface area contributed by atoms with E-state index in [9.17, 15) is 0 Å². The maximum atomic E-state index is 4.84. The number of nitrogens with one attached hydrogen (secondary N) is 1. The maximum absolute atomic E-state index is 4.84. The summed E-state index contributed by atoms with van der Waals surface area (Å²) >= 11 is 0. The summed E-state index contributed by atoms with van der Waals surface area (Å²) in [4.78, 5) is 9.26. The van der Waals surface area contributed by atoms with E-state index >= 15 is 0 Å². The van der Waals surface area contributed by atoms with Gasteiger partial charge in [0.1, 0.15) is 12.4 Å². The number of halogens is 1. The second-order valence-corrected chi connectivity index (χ2v) is 7.87. The van der Waals surface area contributed by atoms with Crippen LogP contribution in [0.1, 0.15) is 23.8 Å². The van der Waals surface area contributed by atoms with Crippen molar-refractivity contribution in [2.75, 3.05) is 32.1 Å². The number of anilines is 1. The summed E-state index contributed by atoms with van der Waals surface area (Å²) < 4.78 is 4.11. The number of aryl methyl sites for hydroxylation is 2. The second kappa shape index (κ2) is 12.5. The third-order valence-electron chi connectivity index (χ3n) is 5.52. The summed E-state index contributed by atoms with van der Waals surface area (Å²) in [7, 11) is 8.23. The van der Waals surface area contributed by atoms with Crippen LogP contribution in [0.5, 0.6) is 0 Å². The first kappa shape index (κ1) is 25.7. The van der Waals surface area contributed by atoms with Gasteiger partial charge in [-0.3, -0.25) is 0 Å². The van der Waals surface area contributed by atoms with E-state index in [-0.39, 0.29) is 24.0 Å². The zero-order valence-electron chi connectivity index (χ0n) is 19.7. The molecule has 174 valence electrons. The van der Waals surface area contributed by atoms with Crippen molar-refractivity contribution in [1.82, 2.24) is 29.5 Å². The minimum atomic E-state index is 0. The average molecular weight is 550 g/mol. The topological polar surface area (TPSA) is 66.5 Å². The lowest BCUT2D eigenvalue weighted by Crippen LogP contribution is -2.40. The highest BCUT2D eigenvalue weighted by Gasteiger charge is 2.11. The Morgan fingerprint density at radius 1 is 1.06 bits per heavy atom. The minimum Gasteiger partial charge on any atom is -0.375 e. The molecule has 0 saturated carbocycles. The quantitative estimate of drug-likeness (QED) is 0.192. The van der Waals surface area contributed by atoms with Crippen molar-refractivity contribution < 1.29 is 0 Å². The summed E-state index contributed by atoms with van der Waals surface area (Å²) in [5, 5.41) is 11.9. The van der Waals surface area contributed by atoms with E-state index in [1.807, 2.05) is 24.6 Å². The predicted octanol–water partition coefficient (Wildman–Crippen LogP) is 3.18. The molecule has 0 radical (unpaired) electrons. The molecule has 0 aliphatic rings. The first-order chi connectivity index (χ1) is 15.0. The van der Waals surface area contributed by atoms with E-state index in [2.05, 4.69) is 93.6 Å². The lowest BCUT2D eigenvalue weighted by atomic mass is 10.3. The van der Waals surface area contributed by atoms with Gasteiger partial charge >= 0.3 is 0 Å². The van der Waals surface area contributed by atoms with Crippen molar-refractivity contribution >= 4 is 35.6 Å². The van der Waals surface area contributed by atoms with Crippen LogP contribution >= 0.6 is 24.0 Å². The van der Waals surface area contributed by atoms with Crippen molar-refractivity contribution in [2.45, 2.75) is 26.4 Å². The Kier molecular flexibility index (Phi) is 10.0. The summed E-state index contributed by atoms with van der Waals surface area (Å²) in [6.07, 6.45) is 3.07. The Morgan fingerprint density at radius 3 is 2.44 bits per heavy atom. The Balaban J connectivity index is 0.00000363. The number of nitrogens with zero attached hydrogens (tertiary/aromatic N) is 7. The molecule has 0 amide bonds. The molecule has 9 heteroatoms. The molecule has 3 rings (SSSR count). The third-order valence-corrected chi connectivity index (χ3v) is 5.52. The first-order valence-electron chi connectivity index (χ1n) is 10.7. The van der Waals surface area contributed by atoms with Crippen molar-refractivity contribution in [3.63, 3.8) is 0 Å². The van der Waals surface area contributed by atoms with Crippen LogP contribution in [0.2, 0.25) is 0 Å². The summed E-state index contributed by atoms with van der Waals surface area (Å²) in [6, 6.07) is 14.7. The van der Waals surface area contributed by atoms with Crippen molar-refractivity contribution in [3.8, 4) is 0 Å². The van der Waals surface area contributed by atoms with Crippen LogP contribution in [0.25, 0.3) is 0 Å². The van der Waals surface area contributed by atoms with Gasteiger partial charge in [0.15, 0.2) is 11.8 Å². The Hall–Kier alpha value is -2.56. The monoisotopic (exact) mass is 550 g/mol. The number of aliphatic imine (C=N–C) groups is 1. The molecular formula is C23H35IN8. The van der Waals surface area contributed by atoms with Gasteiger partial charge in [-0.05, 0) is 37.6 Å². The van der Waals surface area contributed by atoms with Crippen LogP contribution in [0.15, 0.2) is 53.7 Å². The van der Waals surface area contributed by atoms with Crippen LogP contribution in [0.4, 0.5) is 5.69 Å². The predicted molar refractivity (Wildman–Crippen MR) is 142 cm³/mol. The zero-order valence-corrected chi connectivity index (χ0v) is 22.0. The number of benzene rings is 1. The number of guanidine groups is 1. The SMILES string of the molecule is Cc1nnc(CN=C(NCCCN(C)c2ccccc2)N(C)Cc2cccn2C)n1C.I.